The summed E-state index contributed by atoms with van der Waals surface area (Å²) in [6.07, 6.45) is 9.37. The van der Waals surface area contributed by atoms with Crippen molar-refractivity contribution in [3.05, 3.63) is 18.5 Å². The number of nitrogens with zero attached hydrogens (tertiary/aromatic N) is 3. The smallest absolute Gasteiger partial charge is 0.224 e. The first kappa shape index (κ1) is 15.0. The Morgan fingerprint density at radius 2 is 2.15 bits per heavy atom. The summed E-state index contributed by atoms with van der Waals surface area (Å²) in [6.45, 7) is 3.65. The van der Waals surface area contributed by atoms with E-state index in [1.165, 1.54) is 0 Å². The highest BCUT2D eigenvalue weighted by atomic mass is 16.2. The summed E-state index contributed by atoms with van der Waals surface area (Å²) in [5.74, 6) is 0.253. The van der Waals surface area contributed by atoms with Crippen molar-refractivity contribution < 1.29 is 4.79 Å². The number of aromatic nitrogens is 2. The average molecular weight is 278 g/mol. The Morgan fingerprint density at radius 3 is 2.75 bits per heavy atom. The SMILES string of the molecule is CCCN(C(=O)CCn1cccn1)C1CCC(N)CC1. The molecule has 0 atom stereocenters. The Morgan fingerprint density at radius 1 is 1.40 bits per heavy atom. The number of carbonyl (C=O) groups is 1. The molecule has 0 aliphatic heterocycles. The maximum absolute atomic E-state index is 12.5. The number of rotatable bonds is 6. The topological polar surface area (TPSA) is 64.2 Å². The van der Waals surface area contributed by atoms with E-state index in [9.17, 15) is 4.79 Å². The van der Waals surface area contributed by atoms with Crippen molar-refractivity contribution in [3.8, 4) is 0 Å². The number of aryl methyl sites for hydroxylation is 1. The van der Waals surface area contributed by atoms with Crippen LogP contribution in [0, 0.1) is 0 Å². The van der Waals surface area contributed by atoms with E-state index in [4.69, 9.17) is 5.73 Å². The summed E-state index contributed by atoms with van der Waals surface area (Å²) in [4.78, 5) is 14.5. The van der Waals surface area contributed by atoms with Gasteiger partial charge in [0.25, 0.3) is 0 Å². The third-order valence-electron chi connectivity index (χ3n) is 4.08. The number of hydrogen-bond acceptors (Lipinski definition) is 3. The Bertz CT molecular complexity index is 396. The molecule has 0 bridgehead atoms. The normalized spacial score (nSPS) is 22.7. The van der Waals surface area contributed by atoms with Gasteiger partial charge in [-0.1, -0.05) is 6.92 Å². The van der Waals surface area contributed by atoms with Gasteiger partial charge in [0.1, 0.15) is 0 Å². The standard InChI is InChI=1S/C15H26N4O/c1-2-10-19(14-6-4-13(16)5-7-14)15(20)8-12-18-11-3-9-17-18/h3,9,11,13-14H,2,4-8,10,12,16H2,1H3. The van der Waals surface area contributed by atoms with Crippen LogP contribution in [0.5, 0.6) is 0 Å². The van der Waals surface area contributed by atoms with Gasteiger partial charge in [-0.2, -0.15) is 5.10 Å². The molecular formula is C15H26N4O. The maximum atomic E-state index is 12.5. The van der Waals surface area contributed by atoms with E-state index in [1.54, 1.807) is 6.20 Å². The maximum Gasteiger partial charge on any atom is 0.224 e. The van der Waals surface area contributed by atoms with Crippen LogP contribution in [0.4, 0.5) is 0 Å². The lowest BCUT2D eigenvalue weighted by atomic mass is 9.90. The molecule has 1 aliphatic carbocycles. The van der Waals surface area contributed by atoms with Crippen molar-refractivity contribution in [2.75, 3.05) is 6.54 Å². The van der Waals surface area contributed by atoms with Crippen LogP contribution in [0.3, 0.4) is 0 Å². The summed E-state index contributed by atoms with van der Waals surface area (Å²) in [7, 11) is 0. The molecule has 112 valence electrons. The zero-order valence-corrected chi connectivity index (χ0v) is 12.4. The first-order chi connectivity index (χ1) is 9.70. The van der Waals surface area contributed by atoms with Gasteiger partial charge in [-0.15, -0.1) is 0 Å². The first-order valence-electron chi connectivity index (χ1n) is 7.73. The van der Waals surface area contributed by atoms with Gasteiger partial charge in [0.2, 0.25) is 5.91 Å². The van der Waals surface area contributed by atoms with Gasteiger partial charge in [-0.25, -0.2) is 0 Å². The molecule has 1 aromatic heterocycles. The lowest BCUT2D eigenvalue weighted by Crippen LogP contribution is -2.44. The molecule has 5 heteroatoms. The van der Waals surface area contributed by atoms with Crippen molar-refractivity contribution in [2.24, 2.45) is 5.73 Å². The largest absolute Gasteiger partial charge is 0.340 e. The van der Waals surface area contributed by atoms with E-state index in [2.05, 4.69) is 16.9 Å². The average Bonchev–Trinajstić information content (AvgIpc) is 2.97. The van der Waals surface area contributed by atoms with Crippen LogP contribution in [0.25, 0.3) is 0 Å². The highest BCUT2D eigenvalue weighted by molar-refractivity contribution is 5.76. The van der Waals surface area contributed by atoms with Crippen LogP contribution in [0.1, 0.15) is 45.4 Å². The van der Waals surface area contributed by atoms with Crippen LogP contribution in [0.2, 0.25) is 0 Å². The molecule has 2 N–H and O–H groups in total. The minimum atomic E-state index is 0.253. The van der Waals surface area contributed by atoms with Gasteiger partial charge >= 0.3 is 0 Å². The summed E-state index contributed by atoms with van der Waals surface area (Å²) < 4.78 is 1.82. The van der Waals surface area contributed by atoms with Crippen LogP contribution >= 0.6 is 0 Å². The van der Waals surface area contributed by atoms with Crippen LogP contribution in [-0.4, -0.2) is 39.2 Å². The molecule has 1 fully saturated rings. The number of carbonyl (C=O) groups excluding carboxylic acids is 1. The lowest BCUT2D eigenvalue weighted by Gasteiger charge is -2.36. The molecule has 1 amide bonds. The zero-order valence-electron chi connectivity index (χ0n) is 12.4. The van der Waals surface area contributed by atoms with Gasteiger partial charge in [0, 0.05) is 44.0 Å². The molecule has 1 heterocycles. The zero-order chi connectivity index (χ0) is 14.4. The third-order valence-corrected chi connectivity index (χ3v) is 4.08. The predicted octanol–water partition coefficient (Wildman–Crippen LogP) is 1.78. The number of amides is 1. The van der Waals surface area contributed by atoms with E-state index in [0.717, 1.165) is 38.6 Å². The summed E-state index contributed by atoms with van der Waals surface area (Å²) in [5.41, 5.74) is 5.95. The van der Waals surface area contributed by atoms with E-state index in [-0.39, 0.29) is 5.91 Å². The van der Waals surface area contributed by atoms with Crippen LogP contribution in [0.15, 0.2) is 18.5 Å². The van der Waals surface area contributed by atoms with Gasteiger partial charge in [-0.3, -0.25) is 9.48 Å². The highest BCUT2D eigenvalue weighted by Crippen LogP contribution is 2.23. The Labute approximate surface area is 121 Å². The van der Waals surface area contributed by atoms with Crippen molar-refractivity contribution in [1.82, 2.24) is 14.7 Å². The molecular weight excluding hydrogens is 252 g/mol. The first-order valence-corrected chi connectivity index (χ1v) is 7.73. The van der Waals surface area contributed by atoms with E-state index < -0.39 is 0 Å². The molecule has 1 saturated carbocycles. The second kappa shape index (κ2) is 7.43. The predicted molar refractivity (Wildman–Crippen MR) is 79.1 cm³/mol. The summed E-state index contributed by atoms with van der Waals surface area (Å²) >= 11 is 0. The Kier molecular flexibility index (Phi) is 5.59. The fraction of sp³-hybridized carbons (Fsp3) is 0.733. The fourth-order valence-corrected chi connectivity index (χ4v) is 2.95. The van der Waals surface area contributed by atoms with Gasteiger partial charge < -0.3 is 10.6 Å². The molecule has 5 nitrogen and oxygen atoms in total. The van der Waals surface area contributed by atoms with Crippen molar-refractivity contribution in [1.29, 1.82) is 0 Å². The second-order valence-electron chi connectivity index (χ2n) is 5.67. The second-order valence-corrected chi connectivity index (χ2v) is 5.67. The monoisotopic (exact) mass is 278 g/mol. The van der Waals surface area contributed by atoms with E-state index >= 15 is 0 Å². The molecule has 1 aromatic rings. The molecule has 0 spiro atoms. The molecule has 2 rings (SSSR count). The Hall–Kier alpha value is -1.36. The molecule has 0 radical (unpaired) electrons. The Balaban J connectivity index is 1.88. The van der Waals surface area contributed by atoms with Gasteiger partial charge in [0.05, 0.1) is 0 Å². The van der Waals surface area contributed by atoms with Gasteiger partial charge in [0.15, 0.2) is 0 Å². The summed E-state index contributed by atoms with van der Waals surface area (Å²) in [6, 6.07) is 2.60. The van der Waals surface area contributed by atoms with Crippen LogP contribution in [-0.2, 0) is 11.3 Å². The molecule has 20 heavy (non-hydrogen) atoms. The fourth-order valence-electron chi connectivity index (χ4n) is 2.95. The highest BCUT2D eigenvalue weighted by Gasteiger charge is 2.26. The minimum absolute atomic E-state index is 0.253. The van der Waals surface area contributed by atoms with Crippen molar-refractivity contribution in [3.63, 3.8) is 0 Å². The summed E-state index contributed by atoms with van der Waals surface area (Å²) in [5, 5.41) is 4.15. The molecule has 1 aliphatic rings. The van der Waals surface area contributed by atoms with Crippen LogP contribution < -0.4 is 5.73 Å². The molecule has 0 aromatic carbocycles. The van der Waals surface area contributed by atoms with E-state index in [1.807, 2.05) is 16.9 Å². The van der Waals surface area contributed by atoms with E-state index in [0.29, 0.717) is 25.0 Å². The van der Waals surface area contributed by atoms with Gasteiger partial charge in [-0.05, 0) is 38.2 Å². The quantitative estimate of drug-likeness (QED) is 0.862. The molecule has 0 saturated heterocycles. The van der Waals surface area contributed by atoms with Crippen molar-refractivity contribution in [2.45, 2.75) is 64.1 Å². The number of nitrogens with two attached hydrogens (primary N) is 1. The molecule has 0 unspecified atom stereocenters. The minimum Gasteiger partial charge on any atom is -0.340 e. The number of hydrogen-bond donors (Lipinski definition) is 1. The van der Waals surface area contributed by atoms with Crippen molar-refractivity contribution >= 4 is 5.91 Å². The lowest BCUT2D eigenvalue weighted by molar-refractivity contribution is -0.134. The third kappa shape index (κ3) is 4.07.